The molecule has 0 aromatic carbocycles. The van der Waals surface area contributed by atoms with Crippen molar-refractivity contribution in [1.82, 2.24) is 20.6 Å². The van der Waals surface area contributed by atoms with Crippen LogP contribution in [0.1, 0.15) is 16.3 Å². The number of aliphatic imine (C=N–C) groups is 1. The minimum atomic E-state index is 0.612. The van der Waals surface area contributed by atoms with E-state index in [2.05, 4.69) is 31.0 Å². The van der Waals surface area contributed by atoms with Gasteiger partial charge in [0.15, 0.2) is 5.96 Å². The predicted octanol–water partition coefficient (Wildman–Crippen LogP) is 1.76. The first-order valence-electron chi connectivity index (χ1n) is 7.05. The number of hydrogen-bond donors (Lipinski definition) is 2. The standard InChI is InChI=1S/C15H21N5OS/c1-11-20-13(10-22-11)5-7-18-15(16-2)19-9-12-4-6-17-14(8-12)21-3/h4,6,8,10H,5,7,9H2,1-3H3,(H2,16,18,19). The zero-order chi connectivity index (χ0) is 15.8. The van der Waals surface area contributed by atoms with Gasteiger partial charge in [-0.05, 0) is 18.6 Å². The number of pyridine rings is 1. The maximum absolute atomic E-state index is 5.11. The molecule has 0 bridgehead atoms. The molecular weight excluding hydrogens is 298 g/mol. The van der Waals surface area contributed by atoms with Crippen molar-refractivity contribution >= 4 is 17.3 Å². The molecule has 2 heterocycles. The van der Waals surface area contributed by atoms with Crippen LogP contribution in [0.15, 0.2) is 28.7 Å². The molecular formula is C15H21N5OS. The lowest BCUT2D eigenvalue weighted by molar-refractivity contribution is 0.397. The van der Waals surface area contributed by atoms with Gasteiger partial charge in [-0.2, -0.15) is 0 Å². The van der Waals surface area contributed by atoms with Gasteiger partial charge in [0.05, 0.1) is 17.8 Å². The minimum Gasteiger partial charge on any atom is -0.481 e. The van der Waals surface area contributed by atoms with Crippen LogP contribution < -0.4 is 15.4 Å². The highest BCUT2D eigenvalue weighted by molar-refractivity contribution is 7.09. The van der Waals surface area contributed by atoms with Crippen LogP contribution in [0.4, 0.5) is 0 Å². The van der Waals surface area contributed by atoms with Crippen molar-refractivity contribution in [3.8, 4) is 5.88 Å². The summed E-state index contributed by atoms with van der Waals surface area (Å²) < 4.78 is 5.11. The molecule has 0 fully saturated rings. The Morgan fingerprint density at radius 1 is 1.41 bits per heavy atom. The van der Waals surface area contributed by atoms with Crippen molar-refractivity contribution in [2.24, 2.45) is 4.99 Å². The summed E-state index contributed by atoms with van der Waals surface area (Å²) in [4.78, 5) is 12.7. The molecule has 2 rings (SSSR count). The Balaban J connectivity index is 1.77. The zero-order valence-electron chi connectivity index (χ0n) is 13.1. The summed E-state index contributed by atoms with van der Waals surface area (Å²) in [7, 11) is 3.37. The molecule has 0 saturated carbocycles. The third-order valence-corrected chi connectivity index (χ3v) is 3.85. The Hall–Kier alpha value is -2.15. The van der Waals surface area contributed by atoms with E-state index in [0.717, 1.165) is 35.2 Å². The van der Waals surface area contributed by atoms with Gasteiger partial charge in [0, 0.05) is 44.2 Å². The maximum atomic E-state index is 5.11. The molecule has 0 aliphatic heterocycles. The van der Waals surface area contributed by atoms with Crippen LogP contribution in [-0.2, 0) is 13.0 Å². The molecule has 6 nitrogen and oxygen atoms in total. The van der Waals surface area contributed by atoms with Gasteiger partial charge < -0.3 is 15.4 Å². The molecule has 7 heteroatoms. The van der Waals surface area contributed by atoms with Gasteiger partial charge in [0.2, 0.25) is 5.88 Å². The summed E-state index contributed by atoms with van der Waals surface area (Å²) in [5.41, 5.74) is 2.20. The average Bonchev–Trinajstić information content (AvgIpc) is 2.96. The Morgan fingerprint density at radius 3 is 2.95 bits per heavy atom. The van der Waals surface area contributed by atoms with Crippen LogP contribution in [0.25, 0.3) is 0 Å². The van der Waals surface area contributed by atoms with E-state index in [1.807, 2.05) is 19.1 Å². The fourth-order valence-corrected chi connectivity index (χ4v) is 2.56. The van der Waals surface area contributed by atoms with Crippen molar-refractivity contribution in [3.63, 3.8) is 0 Å². The first-order valence-corrected chi connectivity index (χ1v) is 7.93. The van der Waals surface area contributed by atoms with Gasteiger partial charge >= 0.3 is 0 Å². The van der Waals surface area contributed by atoms with E-state index < -0.39 is 0 Å². The number of nitrogens with zero attached hydrogens (tertiary/aromatic N) is 3. The molecule has 22 heavy (non-hydrogen) atoms. The van der Waals surface area contributed by atoms with Crippen LogP contribution >= 0.6 is 11.3 Å². The van der Waals surface area contributed by atoms with Gasteiger partial charge in [0.25, 0.3) is 0 Å². The minimum absolute atomic E-state index is 0.612. The Kier molecular flexibility index (Phi) is 6.14. The Labute approximate surface area is 134 Å². The summed E-state index contributed by atoms with van der Waals surface area (Å²) in [6.07, 6.45) is 2.62. The second-order valence-electron chi connectivity index (χ2n) is 4.67. The first kappa shape index (κ1) is 16.2. The highest BCUT2D eigenvalue weighted by Gasteiger charge is 2.02. The van der Waals surface area contributed by atoms with Crippen molar-refractivity contribution in [3.05, 3.63) is 40.0 Å². The molecule has 0 amide bonds. The molecule has 0 unspecified atom stereocenters. The Morgan fingerprint density at radius 2 is 2.27 bits per heavy atom. The SMILES string of the molecule is CN=C(NCCc1csc(C)n1)NCc1ccnc(OC)c1. The van der Waals surface area contributed by atoms with Gasteiger partial charge in [-0.25, -0.2) is 9.97 Å². The van der Waals surface area contributed by atoms with E-state index in [1.165, 1.54) is 0 Å². The molecule has 0 spiro atoms. The number of aromatic nitrogens is 2. The monoisotopic (exact) mass is 319 g/mol. The lowest BCUT2D eigenvalue weighted by Crippen LogP contribution is -2.37. The summed E-state index contributed by atoms with van der Waals surface area (Å²) in [5.74, 6) is 1.38. The van der Waals surface area contributed by atoms with Gasteiger partial charge in [-0.15, -0.1) is 11.3 Å². The van der Waals surface area contributed by atoms with Crippen LogP contribution in [0.5, 0.6) is 5.88 Å². The van der Waals surface area contributed by atoms with Crippen LogP contribution in [-0.4, -0.2) is 36.6 Å². The molecule has 0 aliphatic carbocycles. The highest BCUT2D eigenvalue weighted by atomic mass is 32.1. The number of hydrogen-bond acceptors (Lipinski definition) is 5. The van der Waals surface area contributed by atoms with E-state index in [-0.39, 0.29) is 0 Å². The van der Waals surface area contributed by atoms with Crippen LogP contribution in [0.3, 0.4) is 0 Å². The van der Waals surface area contributed by atoms with Crippen LogP contribution in [0, 0.1) is 6.92 Å². The van der Waals surface area contributed by atoms with Crippen molar-refractivity contribution in [2.75, 3.05) is 20.7 Å². The van der Waals surface area contributed by atoms with E-state index in [4.69, 9.17) is 4.74 Å². The van der Waals surface area contributed by atoms with Crippen molar-refractivity contribution < 1.29 is 4.74 Å². The number of ether oxygens (including phenoxy) is 1. The fourth-order valence-electron chi connectivity index (χ4n) is 1.91. The maximum Gasteiger partial charge on any atom is 0.213 e. The molecule has 0 saturated heterocycles. The normalized spacial score (nSPS) is 11.3. The topological polar surface area (TPSA) is 71.4 Å². The molecule has 2 aromatic rings. The molecule has 2 aromatic heterocycles. The summed E-state index contributed by atoms with van der Waals surface area (Å²) >= 11 is 1.68. The van der Waals surface area contributed by atoms with Crippen molar-refractivity contribution in [1.29, 1.82) is 0 Å². The summed E-state index contributed by atoms with van der Waals surface area (Å²) in [6, 6.07) is 3.85. The lowest BCUT2D eigenvalue weighted by atomic mass is 10.2. The van der Waals surface area contributed by atoms with E-state index in [1.54, 1.807) is 31.7 Å². The van der Waals surface area contributed by atoms with E-state index in [9.17, 15) is 0 Å². The number of methoxy groups -OCH3 is 1. The predicted molar refractivity (Wildman–Crippen MR) is 89.5 cm³/mol. The van der Waals surface area contributed by atoms with Crippen LogP contribution in [0.2, 0.25) is 0 Å². The largest absolute Gasteiger partial charge is 0.481 e. The third-order valence-electron chi connectivity index (χ3n) is 3.03. The van der Waals surface area contributed by atoms with Gasteiger partial charge in [-0.1, -0.05) is 0 Å². The number of guanidine groups is 1. The summed E-state index contributed by atoms with van der Waals surface area (Å²) in [6.45, 7) is 3.47. The smallest absolute Gasteiger partial charge is 0.213 e. The van der Waals surface area contributed by atoms with E-state index in [0.29, 0.717) is 12.4 Å². The first-order chi connectivity index (χ1) is 10.7. The average molecular weight is 319 g/mol. The third kappa shape index (κ3) is 5.00. The van der Waals surface area contributed by atoms with Crippen molar-refractivity contribution in [2.45, 2.75) is 19.9 Å². The molecule has 118 valence electrons. The van der Waals surface area contributed by atoms with E-state index >= 15 is 0 Å². The molecule has 2 N–H and O–H groups in total. The molecule has 0 aliphatic rings. The zero-order valence-corrected chi connectivity index (χ0v) is 13.9. The number of aryl methyl sites for hydroxylation is 1. The number of rotatable bonds is 6. The molecule has 0 radical (unpaired) electrons. The fraction of sp³-hybridized carbons (Fsp3) is 0.400. The Bertz CT molecular complexity index is 626. The number of nitrogens with one attached hydrogen (secondary N) is 2. The quantitative estimate of drug-likeness (QED) is 0.627. The molecule has 0 atom stereocenters. The van der Waals surface area contributed by atoms with Gasteiger partial charge in [-0.3, -0.25) is 4.99 Å². The number of thiazole rings is 1. The second kappa shape index (κ2) is 8.33. The second-order valence-corrected chi connectivity index (χ2v) is 5.73. The lowest BCUT2D eigenvalue weighted by Gasteiger charge is -2.11. The highest BCUT2D eigenvalue weighted by Crippen LogP contribution is 2.08. The summed E-state index contributed by atoms with van der Waals surface area (Å²) in [5, 5.41) is 9.74. The van der Waals surface area contributed by atoms with Gasteiger partial charge in [0.1, 0.15) is 0 Å².